The average Bonchev–Trinajstić information content (AvgIpc) is 3.51. The Balaban J connectivity index is 1.88. The molecule has 0 N–H and O–H groups in total. The van der Waals surface area contributed by atoms with Crippen molar-refractivity contribution in [2.24, 2.45) is 0 Å². The lowest BCUT2D eigenvalue weighted by Gasteiger charge is -2.12. The van der Waals surface area contributed by atoms with Crippen molar-refractivity contribution in [2.75, 3.05) is 6.26 Å². The van der Waals surface area contributed by atoms with E-state index in [1.807, 2.05) is 0 Å². The van der Waals surface area contributed by atoms with Crippen molar-refractivity contribution in [3.8, 4) is 22.0 Å². The minimum absolute atomic E-state index is 0.00321. The van der Waals surface area contributed by atoms with Crippen LogP contribution in [-0.4, -0.2) is 47.0 Å². The highest BCUT2D eigenvalue weighted by Crippen LogP contribution is 2.40. The van der Waals surface area contributed by atoms with Gasteiger partial charge in [-0.15, -0.1) is 11.3 Å². The molecular formula is C22H14F3N5O4S3. The molecule has 0 aliphatic carbocycles. The highest BCUT2D eigenvalue weighted by Gasteiger charge is 2.37. The Morgan fingerprint density at radius 3 is 2.30 bits per heavy atom. The van der Waals surface area contributed by atoms with Gasteiger partial charge in [0.1, 0.15) is 16.3 Å². The van der Waals surface area contributed by atoms with Crippen molar-refractivity contribution >= 4 is 42.2 Å². The summed E-state index contributed by atoms with van der Waals surface area (Å²) >= 11 is 1.24. The molecule has 4 heterocycles. The van der Waals surface area contributed by atoms with Crippen molar-refractivity contribution in [3.05, 3.63) is 72.0 Å². The number of benzene rings is 1. The topological polar surface area (TPSA) is 125 Å². The number of fused-ring (bicyclic) bond motifs is 1. The van der Waals surface area contributed by atoms with Crippen LogP contribution in [0.1, 0.15) is 5.56 Å². The molecule has 0 atom stereocenters. The van der Waals surface area contributed by atoms with Crippen LogP contribution >= 0.6 is 11.3 Å². The Morgan fingerprint density at radius 2 is 1.68 bits per heavy atom. The minimum atomic E-state index is -4.97. The van der Waals surface area contributed by atoms with Gasteiger partial charge < -0.3 is 0 Å². The third-order valence-corrected chi connectivity index (χ3v) is 8.55. The second kappa shape index (κ2) is 8.71. The van der Waals surface area contributed by atoms with Gasteiger partial charge in [-0.1, -0.05) is 18.2 Å². The molecule has 0 fully saturated rings. The summed E-state index contributed by atoms with van der Waals surface area (Å²) in [4.78, 5) is 15.5. The molecule has 190 valence electrons. The Bertz CT molecular complexity index is 1850. The number of hydrogen-bond acceptors (Lipinski definition) is 9. The van der Waals surface area contributed by atoms with Crippen LogP contribution in [0.5, 0.6) is 0 Å². The molecule has 37 heavy (non-hydrogen) atoms. The lowest BCUT2D eigenvalue weighted by Crippen LogP contribution is -2.14. The molecule has 0 saturated heterocycles. The molecule has 9 nitrogen and oxygen atoms in total. The van der Waals surface area contributed by atoms with E-state index in [1.165, 1.54) is 53.9 Å². The molecule has 0 aliphatic rings. The molecule has 0 radical (unpaired) electrons. The number of rotatable bonds is 5. The number of pyridine rings is 1. The fourth-order valence-electron chi connectivity index (χ4n) is 3.58. The first-order valence-corrected chi connectivity index (χ1v) is 14.5. The SMILES string of the molecule is CS(=O)(=O)c1ncc(C(F)(F)F)c(-c2cn(S(=O)(=O)c3ccccc3)c3nc(-c4nccs4)ccc23)n1. The van der Waals surface area contributed by atoms with E-state index in [1.54, 1.807) is 11.4 Å². The first-order chi connectivity index (χ1) is 17.4. The number of halogens is 3. The van der Waals surface area contributed by atoms with Crippen LogP contribution in [-0.2, 0) is 26.0 Å². The summed E-state index contributed by atoms with van der Waals surface area (Å²) in [5.41, 5.74) is -2.29. The van der Waals surface area contributed by atoms with Crippen LogP contribution in [0.25, 0.3) is 33.0 Å². The Morgan fingerprint density at radius 1 is 0.946 bits per heavy atom. The van der Waals surface area contributed by atoms with Gasteiger partial charge in [0.25, 0.3) is 10.0 Å². The Labute approximate surface area is 212 Å². The van der Waals surface area contributed by atoms with E-state index in [9.17, 15) is 30.0 Å². The van der Waals surface area contributed by atoms with Crippen LogP contribution < -0.4 is 0 Å². The van der Waals surface area contributed by atoms with Crippen molar-refractivity contribution < 1.29 is 30.0 Å². The first-order valence-electron chi connectivity index (χ1n) is 10.2. The zero-order chi connectivity index (χ0) is 26.6. The van der Waals surface area contributed by atoms with E-state index in [0.717, 1.165) is 16.4 Å². The van der Waals surface area contributed by atoms with E-state index < -0.39 is 42.5 Å². The summed E-state index contributed by atoms with van der Waals surface area (Å²) in [6.07, 6.45) is -1.36. The van der Waals surface area contributed by atoms with E-state index in [-0.39, 0.29) is 21.5 Å². The van der Waals surface area contributed by atoms with E-state index >= 15 is 0 Å². The van der Waals surface area contributed by atoms with Gasteiger partial charge in [-0.2, -0.15) is 13.2 Å². The van der Waals surface area contributed by atoms with Crippen LogP contribution in [0.15, 0.2) is 76.5 Å². The summed E-state index contributed by atoms with van der Waals surface area (Å²) in [5.74, 6) is 0. The van der Waals surface area contributed by atoms with Crippen LogP contribution in [0.2, 0.25) is 0 Å². The Kier molecular flexibility index (Phi) is 5.88. The van der Waals surface area contributed by atoms with Gasteiger partial charge in [0.2, 0.25) is 15.0 Å². The van der Waals surface area contributed by atoms with E-state index in [4.69, 9.17) is 0 Å². The van der Waals surface area contributed by atoms with Crippen LogP contribution in [0.3, 0.4) is 0 Å². The third kappa shape index (κ3) is 4.49. The van der Waals surface area contributed by atoms with Crippen molar-refractivity contribution in [2.45, 2.75) is 16.2 Å². The third-order valence-electron chi connectivity index (χ3n) is 5.23. The highest BCUT2D eigenvalue weighted by atomic mass is 32.2. The van der Waals surface area contributed by atoms with Gasteiger partial charge >= 0.3 is 6.18 Å². The number of nitrogens with zero attached hydrogens (tertiary/aromatic N) is 5. The number of thiazole rings is 1. The molecule has 15 heteroatoms. The molecule has 0 unspecified atom stereocenters. The molecule has 1 aromatic carbocycles. The summed E-state index contributed by atoms with van der Waals surface area (Å²) in [5, 5.41) is 1.32. The fourth-order valence-corrected chi connectivity index (χ4v) is 6.03. The maximum Gasteiger partial charge on any atom is 0.419 e. The normalized spacial score (nSPS) is 12.8. The molecule has 5 aromatic rings. The second-order valence-electron chi connectivity index (χ2n) is 7.75. The molecule has 0 amide bonds. The van der Waals surface area contributed by atoms with Gasteiger partial charge in [0, 0.05) is 41.2 Å². The maximum absolute atomic E-state index is 13.9. The van der Waals surface area contributed by atoms with Crippen LogP contribution in [0, 0.1) is 0 Å². The van der Waals surface area contributed by atoms with Gasteiger partial charge in [-0.05, 0) is 24.3 Å². The molecular weight excluding hydrogens is 551 g/mol. The summed E-state index contributed by atoms with van der Waals surface area (Å²) in [6.45, 7) is 0. The minimum Gasteiger partial charge on any atom is -0.243 e. The summed E-state index contributed by atoms with van der Waals surface area (Å²) in [6, 6.07) is 10.2. The monoisotopic (exact) mass is 565 g/mol. The fraction of sp³-hybridized carbons (Fsp3) is 0.0909. The number of alkyl halides is 3. The van der Waals surface area contributed by atoms with E-state index in [0.29, 0.717) is 16.9 Å². The molecule has 5 rings (SSSR count). The van der Waals surface area contributed by atoms with Crippen molar-refractivity contribution in [1.82, 2.24) is 23.9 Å². The van der Waals surface area contributed by atoms with E-state index in [2.05, 4.69) is 19.9 Å². The van der Waals surface area contributed by atoms with Gasteiger partial charge in [-0.25, -0.2) is 40.7 Å². The number of aromatic nitrogens is 5. The molecule has 0 aliphatic heterocycles. The summed E-state index contributed by atoms with van der Waals surface area (Å²) in [7, 11) is -8.42. The molecule has 0 spiro atoms. The predicted molar refractivity (Wildman–Crippen MR) is 129 cm³/mol. The van der Waals surface area contributed by atoms with Crippen LogP contribution in [0.4, 0.5) is 13.2 Å². The lowest BCUT2D eigenvalue weighted by molar-refractivity contribution is -0.137. The largest absolute Gasteiger partial charge is 0.419 e. The highest BCUT2D eigenvalue weighted by molar-refractivity contribution is 7.90. The maximum atomic E-state index is 13.9. The Hall–Kier alpha value is -3.69. The molecule has 4 aromatic heterocycles. The number of hydrogen-bond donors (Lipinski definition) is 0. The predicted octanol–water partition coefficient (Wildman–Crippen LogP) is 4.28. The standard InChI is InChI=1S/C22H14F3N5O4S3/c1-36(31,32)21-27-11-16(22(23,24)25)18(29-21)15-12-30(37(33,34)13-5-3-2-4-6-13)19-14(15)7-8-17(28-19)20-26-9-10-35-20/h2-12H,1H3. The zero-order valence-corrected chi connectivity index (χ0v) is 21.0. The van der Waals surface area contributed by atoms with Gasteiger partial charge in [0.15, 0.2) is 5.65 Å². The lowest BCUT2D eigenvalue weighted by atomic mass is 10.1. The second-order valence-corrected chi connectivity index (χ2v) is 12.4. The average molecular weight is 566 g/mol. The molecule has 0 saturated carbocycles. The number of sulfone groups is 1. The first kappa shape index (κ1) is 25.0. The van der Waals surface area contributed by atoms with Gasteiger partial charge in [0.05, 0.1) is 10.6 Å². The smallest absolute Gasteiger partial charge is 0.243 e. The summed E-state index contributed by atoms with van der Waals surface area (Å²) < 4.78 is 93.8. The van der Waals surface area contributed by atoms with Crippen molar-refractivity contribution in [3.63, 3.8) is 0 Å². The molecule has 0 bridgehead atoms. The van der Waals surface area contributed by atoms with Crippen molar-refractivity contribution in [1.29, 1.82) is 0 Å². The van der Waals surface area contributed by atoms with Gasteiger partial charge in [-0.3, -0.25) is 0 Å². The zero-order valence-electron chi connectivity index (χ0n) is 18.6. The quantitative estimate of drug-likeness (QED) is 0.289.